The Kier molecular flexibility index (Phi) is 4.62. The van der Waals surface area contributed by atoms with E-state index >= 15 is 0 Å². The molecule has 2 amide bonds. The van der Waals surface area contributed by atoms with Gasteiger partial charge in [-0.25, -0.2) is 4.79 Å². The highest BCUT2D eigenvalue weighted by Gasteiger charge is 2.83. The molecule has 0 radical (unpaired) electrons. The van der Waals surface area contributed by atoms with Crippen molar-refractivity contribution in [2.45, 2.75) is 82.0 Å². The second-order valence-electron chi connectivity index (χ2n) is 11.8. The van der Waals surface area contributed by atoms with Crippen molar-refractivity contribution in [1.82, 2.24) is 4.90 Å². The Labute approximate surface area is 207 Å². The normalized spacial score (nSPS) is 39.5. The van der Waals surface area contributed by atoms with E-state index in [0.717, 1.165) is 11.3 Å². The minimum atomic E-state index is -2.38. The molecule has 5 heterocycles. The first-order chi connectivity index (χ1) is 16.4. The fraction of sp³-hybridized carbons (Fsp3) is 0.615. The fourth-order valence-electron chi connectivity index (χ4n) is 7.80. The van der Waals surface area contributed by atoms with E-state index in [1.165, 1.54) is 17.4 Å². The summed E-state index contributed by atoms with van der Waals surface area (Å²) in [6.07, 6.45) is 1.22. The Morgan fingerprint density at radius 1 is 1.23 bits per heavy atom. The maximum Gasteiger partial charge on any atom is 0.411 e. The summed E-state index contributed by atoms with van der Waals surface area (Å²) < 4.78 is 19.5. The number of amides is 2. The summed E-state index contributed by atoms with van der Waals surface area (Å²) in [6, 6.07) is 7.53. The molecule has 5 unspecified atom stereocenters. The number of carbonyl (C=O) groups excluding carboxylic acids is 2. The van der Waals surface area contributed by atoms with Crippen LogP contribution in [0.2, 0.25) is 13.1 Å². The van der Waals surface area contributed by atoms with Gasteiger partial charge < -0.3 is 13.9 Å². The number of hydroxylamine groups is 1. The van der Waals surface area contributed by atoms with Gasteiger partial charge in [0.1, 0.15) is 28.8 Å². The van der Waals surface area contributed by atoms with Gasteiger partial charge in [-0.05, 0) is 64.0 Å². The van der Waals surface area contributed by atoms with Crippen LogP contribution in [0.1, 0.15) is 39.7 Å². The van der Waals surface area contributed by atoms with Crippen molar-refractivity contribution >= 4 is 26.0 Å². The van der Waals surface area contributed by atoms with Crippen molar-refractivity contribution in [2.75, 3.05) is 18.8 Å². The van der Waals surface area contributed by atoms with Crippen LogP contribution in [0.25, 0.3) is 0 Å². The molecule has 188 valence electrons. The average molecular weight is 499 g/mol. The van der Waals surface area contributed by atoms with Crippen molar-refractivity contribution in [1.29, 1.82) is 0 Å². The second-order valence-corrected chi connectivity index (χ2v) is 15.6. The highest BCUT2D eigenvalue weighted by Crippen LogP contribution is 2.68. The summed E-state index contributed by atoms with van der Waals surface area (Å²) >= 11 is 0. The summed E-state index contributed by atoms with van der Waals surface area (Å²) in [6.45, 7) is 12.5. The number of fused-ring (bicyclic) bond motifs is 2. The summed E-state index contributed by atoms with van der Waals surface area (Å²) in [4.78, 5) is 35.5. The largest absolute Gasteiger partial charge is 0.444 e. The zero-order valence-electron chi connectivity index (χ0n) is 21.5. The van der Waals surface area contributed by atoms with E-state index in [0.29, 0.717) is 13.0 Å². The third-order valence-electron chi connectivity index (χ3n) is 8.67. The molecule has 5 fully saturated rings. The standard InChI is InChI=1S/C26H34N2O6Si/c1-8-19-26-16-14-32-20(21(26)34-35(19,6)7)25(13-18(16)27(26)23(30)33-24(2,3)4)15-11-9-10-12-17(15)28(31-5)22(25)29/h8-12,16,18,20-21H,13-14H2,1-7H3/t16?,18-,20?,21?,25?,26?/m0/s1. The van der Waals surface area contributed by atoms with Crippen molar-refractivity contribution in [3.05, 3.63) is 41.1 Å². The number of hydrogen-bond donors (Lipinski definition) is 0. The van der Waals surface area contributed by atoms with Gasteiger partial charge >= 0.3 is 6.09 Å². The third-order valence-corrected chi connectivity index (χ3v) is 11.5. The fourth-order valence-corrected chi connectivity index (χ4v) is 11.0. The Hall–Kier alpha value is -2.20. The second kappa shape index (κ2) is 6.97. The smallest absolute Gasteiger partial charge is 0.411 e. The highest BCUT2D eigenvalue weighted by molar-refractivity contribution is 6.80. The zero-order valence-corrected chi connectivity index (χ0v) is 22.5. The van der Waals surface area contributed by atoms with E-state index in [-0.39, 0.29) is 24.0 Å². The predicted octanol–water partition coefficient (Wildman–Crippen LogP) is 3.70. The minimum Gasteiger partial charge on any atom is -0.444 e. The van der Waals surface area contributed by atoms with Crippen LogP contribution in [-0.2, 0) is 28.9 Å². The first kappa shape index (κ1) is 23.2. The zero-order chi connectivity index (χ0) is 25.1. The molecule has 1 aromatic rings. The lowest BCUT2D eigenvalue weighted by atomic mass is 9.64. The van der Waals surface area contributed by atoms with E-state index in [1.807, 2.05) is 56.9 Å². The molecule has 35 heavy (non-hydrogen) atoms. The predicted molar refractivity (Wildman–Crippen MR) is 131 cm³/mol. The molecule has 6 atom stereocenters. The van der Waals surface area contributed by atoms with Gasteiger partial charge in [0.15, 0.2) is 0 Å². The number of rotatable bonds is 1. The van der Waals surface area contributed by atoms with Gasteiger partial charge in [-0.3, -0.25) is 14.5 Å². The van der Waals surface area contributed by atoms with E-state index < -0.39 is 37.1 Å². The van der Waals surface area contributed by atoms with Crippen LogP contribution in [-0.4, -0.2) is 68.3 Å². The number of anilines is 1. The van der Waals surface area contributed by atoms with Gasteiger partial charge in [0.2, 0.25) is 8.32 Å². The molecule has 9 heteroatoms. The first-order valence-electron chi connectivity index (χ1n) is 12.4. The van der Waals surface area contributed by atoms with Gasteiger partial charge in [-0.2, -0.15) is 5.06 Å². The summed E-state index contributed by atoms with van der Waals surface area (Å²) in [7, 11) is -0.864. The monoisotopic (exact) mass is 498 g/mol. The van der Waals surface area contributed by atoms with Crippen LogP contribution in [0, 0.1) is 5.92 Å². The average Bonchev–Trinajstić information content (AvgIpc) is 2.99. The lowest BCUT2D eigenvalue weighted by Gasteiger charge is -2.65. The summed E-state index contributed by atoms with van der Waals surface area (Å²) in [5.41, 5.74) is -0.700. The quantitative estimate of drug-likeness (QED) is 0.550. The number of nitrogens with zero attached hydrogens (tertiary/aromatic N) is 2. The minimum absolute atomic E-state index is 0.0349. The molecule has 0 N–H and O–H groups in total. The van der Waals surface area contributed by atoms with Crippen LogP contribution in [0.4, 0.5) is 10.5 Å². The number of carbonyl (C=O) groups is 2. The molecular weight excluding hydrogens is 464 g/mol. The van der Waals surface area contributed by atoms with Gasteiger partial charge in [-0.15, -0.1) is 0 Å². The molecule has 1 saturated carbocycles. The molecule has 1 aromatic carbocycles. The van der Waals surface area contributed by atoms with Gasteiger partial charge in [0.05, 0.1) is 19.4 Å². The lowest BCUT2D eigenvalue weighted by Crippen LogP contribution is -2.81. The van der Waals surface area contributed by atoms with E-state index in [2.05, 4.69) is 19.2 Å². The molecular formula is C26H34N2O6Si. The van der Waals surface area contributed by atoms with Gasteiger partial charge in [0, 0.05) is 12.0 Å². The molecule has 0 aromatic heterocycles. The molecule has 6 aliphatic rings. The molecule has 1 aliphatic carbocycles. The first-order valence-corrected chi connectivity index (χ1v) is 15.3. The number of para-hydroxylation sites is 1. The van der Waals surface area contributed by atoms with Crippen molar-refractivity contribution in [3.63, 3.8) is 0 Å². The Morgan fingerprint density at radius 2 is 1.94 bits per heavy atom. The summed E-state index contributed by atoms with van der Waals surface area (Å²) in [5.74, 6) is -0.122. The van der Waals surface area contributed by atoms with Crippen LogP contribution >= 0.6 is 0 Å². The molecule has 2 spiro atoms. The van der Waals surface area contributed by atoms with Gasteiger partial charge in [-0.1, -0.05) is 24.3 Å². The van der Waals surface area contributed by atoms with Crippen LogP contribution in [0.3, 0.4) is 0 Å². The van der Waals surface area contributed by atoms with Crippen molar-refractivity contribution < 1.29 is 28.3 Å². The molecule has 5 aliphatic heterocycles. The summed E-state index contributed by atoms with van der Waals surface area (Å²) in [5, 5.41) is 2.57. The van der Waals surface area contributed by atoms with E-state index in [4.69, 9.17) is 18.7 Å². The van der Waals surface area contributed by atoms with E-state index in [1.54, 1.807) is 0 Å². The van der Waals surface area contributed by atoms with Gasteiger partial charge in [0.25, 0.3) is 5.91 Å². The Balaban J connectivity index is 1.59. The van der Waals surface area contributed by atoms with Crippen LogP contribution in [0.15, 0.2) is 35.5 Å². The number of ether oxygens (including phenoxy) is 2. The lowest BCUT2D eigenvalue weighted by molar-refractivity contribution is -0.214. The number of benzene rings is 1. The molecule has 8 nitrogen and oxygen atoms in total. The van der Waals surface area contributed by atoms with Crippen LogP contribution in [0.5, 0.6) is 0 Å². The number of hydrogen-bond acceptors (Lipinski definition) is 6. The van der Waals surface area contributed by atoms with Crippen LogP contribution < -0.4 is 5.06 Å². The highest BCUT2D eigenvalue weighted by atomic mass is 28.4. The molecule has 4 bridgehead atoms. The Morgan fingerprint density at radius 3 is 2.60 bits per heavy atom. The maximum atomic E-state index is 14.2. The third kappa shape index (κ3) is 2.57. The van der Waals surface area contributed by atoms with Crippen molar-refractivity contribution in [3.8, 4) is 0 Å². The molecule has 4 saturated heterocycles. The number of allylic oxidation sites excluding steroid dienone is 1. The molecule has 7 rings (SSSR count). The number of likely N-dealkylation sites (tertiary alicyclic amines) is 1. The maximum absolute atomic E-state index is 14.2. The van der Waals surface area contributed by atoms with E-state index in [9.17, 15) is 9.59 Å². The topological polar surface area (TPSA) is 77.5 Å². The Bertz CT molecular complexity index is 1160. The van der Waals surface area contributed by atoms with Crippen molar-refractivity contribution in [2.24, 2.45) is 5.92 Å². The SMILES string of the molecule is CC=C1C23C(O[Si]1(C)C)C1OCC2[C@H](CC12C(=O)N(OC)c1ccccc12)N3C(=O)OC(C)(C)C.